The number of nitrogens with zero attached hydrogens (tertiary/aromatic N) is 2. The maximum atomic E-state index is 15.7. The van der Waals surface area contributed by atoms with Crippen LogP contribution in [0.4, 0.5) is 15.5 Å². The topological polar surface area (TPSA) is 79.3 Å². The van der Waals surface area contributed by atoms with Crippen LogP contribution in [0.3, 0.4) is 0 Å². The monoisotopic (exact) mass is 604 g/mol. The fourth-order valence-electron chi connectivity index (χ4n) is 6.64. The lowest BCUT2D eigenvalue weighted by molar-refractivity contribution is -0.135. The minimum atomic E-state index is -3.17. The zero-order valence-electron chi connectivity index (χ0n) is 25.1. The number of rotatable bonds is 11. The average Bonchev–Trinajstić information content (AvgIpc) is 3.31. The molecule has 0 aliphatic carbocycles. The van der Waals surface area contributed by atoms with Gasteiger partial charge >= 0.3 is 0 Å². The summed E-state index contributed by atoms with van der Waals surface area (Å²) in [7, 11) is -3.17. The van der Waals surface area contributed by atoms with Crippen LogP contribution in [0.1, 0.15) is 30.9 Å². The van der Waals surface area contributed by atoms with Gasteiger partial charge in [-0.2, -0.15) is 0 Å². The molecule has 1 fully saturated rings. The van der Waals surface area contributed by atoms with Gasteiger partial charge in [0.1, 0.15) is 5.75 Å². The van der Waals surface area contributed by atoms with E-state index < -0.39 is 14.5 Å². The van der Waals surface area contributed by atoms with Crippen LogP contribution in [0.25, 0.3) is 0 Å². The van der Waals surface area contributed by atoms with E-state index in [1.807, 2.05) is 85.8 Å². The summed E-state index contributed by atoms with van der Waals surface area (Å²) in [4.78, 5) is 29.6. The molecule has 2 aliphatic rings. The number of aliphatic hydroxyl groups is 1. The van der Waals surface area contributed by atoms with Crippen LogP contribution in [0.2, 0.25) is 18.6 Å². The van der Waals surface area contributed by atoms with E-state index in [4.69, 9.17) is 9.47 Å². The Morgan fingerprint density at radius 3 is 2.49 bits per heavy atom. The molecule has 0 aromatic heterocycles. The summed E-state index contributed by atoms with van der Waals surface area (Å²) in [5, 5.41) is 9.63. The molecular formula is C34H41FN2O5Si. The summed E-state index contributed by atoms with van der Waals surface area (Å²) in [6.07, 6.45) is 0.751. The first-order valence-corrected chi connectivity index (χ1v) is 18.0. The molecule has 3 aromatic carbocycles. The van der Waals surface area contributed by atoms with Crippen LogP contribution in [0.5, 0.6) is 5.75 Å². The molecule has 7 nitrogen and oxygen atoms in total. The van der Waals surface area contributed by atoms with E-state index in [1.165, 1.54) is 0 Å². The molecule has 3 aromatic rings. The van der Waals surface area contributed by atoms with E-state index in [0.717, 1.165) is 22.5 Å². The van der Waals surface area contributed by atoms with Crippen LogP contribution in [0, 0.1) is 5.92 Å². The van der Waals surface area contributed by atoms with Gasteiger partial charge in [0.2, 0.25) is 14.3 Å². The highest BCUT2D eigenvalue weighted by Gasteiger charge is 2.51. The van der Waals surface area contributed by atoms with E-state index in [1.54, 1.807) is 22.9 Å². The van der Waals surface area contributed by atoms with Crippen LogP contribution in [-0.2, 0) is 27.3 Å². The Morgan fingerprint density at radius 1 is 1.02 bits per heavy atom. The Kier molecular flexibility index (Phi) is 9.64. The fourth-order valence-corrected chi connectivity index (χ4v) is 9.18. The third-order valence-corrected chi connectivity index (χ3v) is 11.1. The molecule has 0 radical (unpaired) electrons. The SMILES string of the molecule is C[C@H]1[C@H]([Si](C)(C)F)[C@@H](CC(=O)N(CCO)Cc2ccccc2)O[C@H]1CCc1cccc(N2C(=O)COc3ccccc32)c1. The number of anilines is 2. The first-order chi connectivity index (χ1) is 20.7. The van der Waals surface area contributed by atoms with Crippen molar-refractivity contribution in [2.75, 3.05) is 24.7 Å². The number of para-hydroxylation sites is 2. The fraction of sp³-hybridized carbons (Fsp3) is 0.412. The van der Waals surface area contributed by atoms with Crippen molar-refractivity contribution in [1.82, 2.24) is 4.90 Å². The molecule has 0 bridgehead atoms. The van der Waals surface area contributed by atoms with Crippen molar-refractivity contribution >= 4 is 31.6 Å². The standard InChI is InChI=1S/C34H41FN2O5Si/c1-24-29(17-16-25-12-9-13-27(20-25)37-28-14-7-8-15-30(28)41-23-33(37)40)42-31(34(24)43(2,3)35)21-32(39)36(18-19-38)22-26-10-5-4-6-11-26/h4-15,20,24,29,31,34,38H,16-19,21-23H2,1-3H3/t24-,29+,31-,34+/m1/s1. The lowest BCUT2D eigenvalue weighted by Crippen LogP contribution is -2.40. The highest BCUT2D eigenvalue weighted by molar-refractivity contribution is 6.72. The van der Waals surface area contributed by atoms with E-state index in [0.29, 0.717) is 25.1 Å². The predicted molar refractivity (Wildman–Crippen MR) is 168 cm³/mol. The number of fused-ring (bicyclic) bond motifs is 1. The molecule has 1 N–H and O–H groups in total. The lowest BCUT2D eigenvalue weighted by atomic mass is 9.95. The number of aliphatic hydroxyl groups excluding tert-OH is 1. The number of hydrogen-bond acceptors (Lipinski definition) is 5. The molecule has 0 saturated carbocycles. The van der Waals surface area contributed by atoms with E-state index >= 15 is 4.11 Å². The minimum Gasteiger partial charge on any atom is -0.482 e. The molecule has 9 heteroatoms. The number of carbonyl (C=O) groups excluding carboxylic acids is 2. The van der Waals surface area contributed by atoms with Crippen molar-refractivity contribution in [3.63, 3.8) is 0 Å². The maximum Gasteiger partial charge on any atom is 0.269 e. The van der Waals surface area contributed by atoms with Crippen LogP contribution >= 0.6 is 0 Å². The molecule has 2 heterocycles. The first kappa shape index (κ1) is 30.9. The normalized spacial score (nSPS) is 21.8. The number of halogens is 1. The Morgan fingerprint density at radius 2 is 1.74 bits per heavy atom. The Hall–Kier alpha value is -3.53. The number of aryl methyl sites for hydroxylation is 1. The quantitative estimate of drug-likeness (QED) is 0.213. The highest BCUT2D eigenvalue weighted by atomic mass is 28.4. The van der Waals surface area contributed by atoms with Gasteiger partial charge in [-0.25, -0.2) is 0 Å². The van der Waals surface area contributed by atoms with Crippen molar-refractivity contribution < 1.29 is 28.3 Å². The molecule has 5 rings (SSSR count). The lowest BCUT2D eigenvalue weighted by Gasteiger charge is -2.30. The molecule has 4 atom stereocenters. The third-order valence-electron chi connectivity index (χ3n) is 8.60. The molecule has 2 amide bonds. The Balaban J connectivity index is 1.28. The second kappa shape index (κ2) is 13.4. The van der Waals surface area contributed by atoms with Gasteiger partial charge in [0, 0.05) is 24.3 Å². The zero-order chi connectivity index (χ0) is 30.6. The van der Waals surface area contributed by atoms with Crippen molar-refractivity contribution in [2.24, 2.45) is 5.92 Å². The summed E-state index contributed by atoms with van der Waals surface area (Å²) >= 11 is 0. The number of amides is 2. The Labute approximate surface area is 254 Å². The number of hydrogen-bond donors (Lipinski definition) is 1. The number of ether oxygens (including phenoxy) is 2. The number of carbonyl (C=O) groups is 2. The molecule has 0 unspecified atom stereocenters. The second-order valence-electron chi connectivity index (χ2n) is 12.1. The van der Waals surface area contributed by atoms with E-state index in [2.05, 4.69) is 0 Å². The van der Waals surface area contributed by atoms with Gasteiger partial charge in [0.25, 0.3) is 5.91 Å². The summed E-state index contributed by atoms with van der Waals surface area (Å²) in [6.45, 7) is 5.90. The molecule has 1 saturated heterocycles. The Bertz CT molecular complexity index is 1420. The van der Waals surface area contributed by atoms with Crippen molar-refractivity contribution in [2.45, 2.75) is 63.6 Å². The summed E-state index contributed by atoms with van der Waals surface area (Å²) < 4.78 is 27.8. The molecule has 228 valence electrons. The third kappa shape index (κ3) is 7.17. The zero-order valence-corrected chi connectivity index (χ0v) is 26.1. The highest BCUT2D eigenvalue weighted by Crippen LogP contribution is 2.47. The first-order valence-electron chi connectivity index (χ1n) is 15.1. The van der Waals surface area contributed by atoms with Crippen molar-refractivity contribution in [3.8, 4) is 5.75 Å². The van der Waals surface area contributed by atoms with Gasteiger partial charge in [0.05, 0.1) is 30.9 Å². The van der Waals surface area contributed by atoms with Gasteiger partial charge in [-0.15, -0.1) is 0 Å². The molecule has 2 aliphatic heterocycles. The van der Waals surface area contributed by atoms with Gasteiger partial charge < -0.3 is 23.6 Å². The summed E-state index contributed by atoms with van der Waals surface area (Å²) in [6, 6.07) is 25.1. The minimum absolute atomic E-state index is 0.0137. The molecular weight excluding hydrogens is 563 g/mol. The van der Waals surface area contributed by atoms with Crippen LogP contribution in [0.15, 0.2) is 78.9 Å². The van der Waals surface area contributed by atoms with E-state index in [9.17, 15) is 14.7 Å². The van der Waals surface area contributed by atoms with Gasteiger partial charge in [-0.05, 0) is 67.2 Å². The van der Waals surface area contributed by atoms with Crippen molar-refractivity contribution in [1.29, 1.82) is 0 Å². The van der Waals surface area contributed by atoms with Gasteiger partial charge in [-0.3, -0.25) is 14.5 Å². The summed E-state index contributed by atoms with van der Waals surface area (Å²) in [5.41, 5.74) is 3.21. The smallest absolute Gasteiger partial charge is 0.269 e. The largest absolute Gasteiger partial charge is 0.482 e. The molecule has 43 heavy (non-hydrogen) atoms. The second-order valence-corrected chi connectivity index (χ2v) is 15.9. The van der Waals surface area contributed by atoms with Gasteiger partial charge in [-0.1, -0.05) is 61.5 Å². The molecule has 0 spiro atoms. The number of benzene rings is 3. The average molecular weight is 605 g/mol. The summed E-state index contributed by atoms with van der Waals surface area (Å²) in [5.74, 6) is 0.367. The maximum absolute atomic E-state index is 15.7. The van der Waals surface area contributed by atoms with Gasteiger partial charge in [0.15, 0.2) is 6.61 Å². The predicted octanol–water partition coefficient (Wildman–Crippen LogP) is 6.04. The van der Waals surface area contributed by atoms with Crippen molar-refractivity contribution in [3.05, 3.63) is 90.0 Å². The van der Waals surface area contributed by atoms with Crippen LogP contribution < -0.4 is 9.64 Å². The van der Waals surface area contributed by atoms with E-state index in [-0.39, 0.29) is 55.6 Å². The van der Waals surface area contributed by atoms with Crippen LogP contribution in [-0.4, -0.2) is 62.2 Å².